The Kier molecular flexibility index (Phi) is 5.94. The van der Waals surface area contributed by atoms with Crippen molar-refractivity contribution in [2.45, 2.75) is 32.6 Å². The van der Waals surface area contributed by atoms with Gasteiger partial charge in [-0.25, -0.2) is 0 Å². The second-order valence-corrected chi connectivity index (χ2v) is 6.19. The molecule has 2 aromatic rings. The van der Waals surface area contributed by atoms with Gasteiger partial charge in [0.05, 0.1) is 0 Å². The van der Waals surface area contributed by atoms with Gasteiger partial charge in [0.15, 0.2) is 5.78 Å². The van der Waals surface area contributed by atoms with Gasteiger partial charge in [0.1, 0.15) is 0 Å². The molecule has 0 atom stereocenters. The maximum atomic E-state index is 12.1. The zero-order chi connectivity index (χ0) is 16.8. The predicted molar refractivity (Wildman–Crippen MR) is 94.2 cm³/mol. The largest absolute Gasteiger partial charge is 0.326 e. The first-order valence-corrected chi connectivity index (χ1v) is 8.02. The molecule has 2 rings (SSSR count). The van der Waals surface area contributed by atoms with E-state index in [4.69, 9.17) is 11.6 Å². The van der Waals surface area contributed by atoms with Crippen LogP contribution in [0.1, 0.15) is 48.5 Å². The lowest BCUT2D eigenvalue weighted by atomic mass is 9.99. The number of nitrogens with one attached hydrogen (secondary N) is 1. The van der Waals surface area contributed by atoms with Crippen LogP contribution < -0.4 is 5.32 Å². The fraction of sp³-hybridized carbons (Fsp3) is 0.263. The molecule has 0 bridgehead atoms. The lowest BCUT2D eigenvalue weighted by molar-refractivity contribution is -0.116. The number of anilines is 1. The van der Waals surface area contributed by atoms with E-state index in [1.807, 2.05) is 24.3 Å². The minimum atomic E-state index is -0.195. The van der Waals surface area contributed by atoms with E-state index in [1.165, 1.54) is 5.56 Å². The number of benzene rings is 2. The van der Waals surface area contributed by atoms with Crippen molar-refractivity contribution in [1.29, 1.82) is 0 Å². The number of rotatable bonds is 6. The Balaban J connectivity index is 1.87. The Hall–Kier alpha value is -2.13. The van der Waals surface area contributed by atoms with Gasteiger partial charge in [-0.1, -0.05) is 55.8 Å². The van der Waals surface area contributed by atoms with Gasteiger partial charge in [-0.3, -0.25) is 9.59 Å². The van der Waals surface area contributed by atoms with Gasteiger partial charge < -0.3 is 5.32 Å². The maximum Gasteiger partial charge on any atom is 0.224 e. The number of ketones is 1. The van der Waals surface area contributed by atoms with Gasteiger partial charge in [-0.15, -0.1) is 0 Å². The summed E-state index contributed by atoms with van der Waals surface area (Å²) in [5.41, 5.74) is 2.47. The van der Waals surface area contributed by atoms with Gasteiger partial charge in [0.25, 0.3) is 0 Å². The third kappa shape index (κ3) is 5.22. The molecule has 0 aliphatic heterocycles. The minimum Gasteiger partial charge on any atom is -0.326 e. The molecule has 3 nitrogen and oxygen atoms in total. The van der Waals surface area contributed by atoms with Crippen LogP contribution >= 0.6 is 11.6 Å². The summed E-state index contributed by atoms with van der Waals surface area (Å²) in [5.74, 6) is 0.212. The van der Waals surface area contributed by atoms with Crippen LogP contribution in [0.3, 0.4) is 0 Å². The average molecular weight is 330 g/mol. The van der Waals surface area contributed by atoms with Crippen LogP contribution in [0.25, 0.3) is 0 Å². The molecule has 0 radical (unpaired) electrons. The second-order valence-electron chi connectivity index (χ2n) is 5.76. The van der Waals surface area contributed by atoms with Crippen molar-refractivity contribution in [2.75, 3.05) is 5.32 Å². The van der Waals surface area contributed by atoms with Gasteiger partial charge in [0.2, 0.25) is 5.91 Å². The van der Waals surface area contributed by atoms with Gasteiger partial charge in [-0.05, 0) is 29.7 Å². The van der Waals surface area contributed by atoms with Crippen molar-refractivity contribution in [3.05, 3.63) is 64.7 Å². The summed E-state index contributed by atoms with van der Waals surface area (Å²) in [6.45, 7) is 4.22. The van der Waals surface area contributed by atoms with Gasteiger partial charge in [-0.2, -0.15) is 0 Å². The van der Waals surface area contributed by atoms with Crippen LogP contribution in [0.15, 0.2) is 48.5 Å². The van der Waals surface area contributed by atoms with Crippen molar-refractivity contribution in [1.82, 2.24) is 0 Å². The molecule has 0 fully saturated rings. The Morgan fingerprint density at radius 1 is 1.04 bits per heavy atom. The molecule has 2 aromatic carbocycles. The highest BCUT2D eigenvalue weighted by Gasteiger charge is 2.10. The van der Waals surface area contributed by atoms with Crippen molar-refractivity contribution < 1.29 is 9.59 Å². The molecule has 0 aromatic heterocycles. The Labute approximate surface area is 141 Å². The summed E-state index contributed by atoms with van der Waals surface area (Å²) in [6.07, 6.45) is 0.338. The summed E-state index contributed by atoms with van der Waals surface area (Å²) in [6, 6.07) is 14.5. The molecule has 0 heterocycles. The summed E-state index contributed by atoms with van der Waals surface area (Å²) in [4.78, 5) is 24.0. The highest BCUT2D eigenvalue weighted by atomic mass is 35.5. The number of carbonyl (C=O) groups is 2. The topological polar surface area (TPSA) is 46.2 Å². The van der Waals surface area contributed by atoms with E-state index < -0.39 is 0 Å². The fourth-order valence-corrected chi connectivity index (χ4v) is 2.41. The molecule has 0 aliphatic carbocycles. The number of Topliss-reactive ketones (excluding diaryl/α,β-unsaturated/α-hetero) is 1. The number of hydrogen-bond donors (Lipinski definition) is 1. The molecule has 1 amide bonds. The van der Waals surface area contributed by atoms with E-state index >= 15 is 0 Å². The molecule has 0 saturated heterocycles. The lowest BCUT2D eigenvalue weighted by Gasteiger charge is -2.07. The fourth-order valence-electron chi connectivity index (χ4n) is 2.22. The quantitative estimate of drug-likeness (QED) is 0.752. The molecule has 0 spiro atoms. The highest BCUT2D eigenvalue weighted by Crippen LogP contribution is 2.17. The summed E-state index contributed by atoms with van der Waals surface area (Å²) in [7, 11) is 0. The van der Waals surface area contributed by atoms with E-state index in [1.54, 1.807) is 24.3 Å². The van der Waals surface area contributed by atoms with E-state index in [0.717, 1.165) is 0 Å². The number of halogens is 1. The van der Waals surface area contributed by atoms with Gasteiger partial charge >= 0.3 is 0 Å². The maximum absolute atomic E-state index is 12.1. The average Bonchev–Trinajstić information content (AvgIpc) is 2.52. The highest BCUT2D eigenvalue weighted by molar-refractivity contribution is 6.30. The molecule has 120 valence electrons. The van der Waals surface area contributed by atoms with Crippen LogP contribution in [0.2, 0.25) is 5.02 Å². The third-order valence-electron chi connectivity index (χ3n) is 3.59. The zero-order valence-corrected chi connectivity index (χ0v) is 14.1. The van der Waals surface area contributed by atoms with Crippen LogP contribution in [-0.2, 0) is 4.79 Å². The minimum absolute atomic E-state index is 0.0263. The van der Waals surface area contributed by atoms with Gasteiger partial charge in [0, 0.05) is 29.1 Å². The Morgan fingerprint density at radius 2 is 1.74 bits per heavy atom. The number of amides is 1. The summed E-state index contributed by atoms with van der Waals surface area (Å²) >= 11 is 5.87. The normalized spacial score (nSPS) is 10.6. The molecule has 0 saturated carbocycles. The first-order valence-electron chi connectivity index (χ1n) is 7.64. The van der Waals surface area contributed by atoms with Crippen LogP contribution in [0, 0.1) is 0 Å². The number of carbonyl (C=O) groups excluding carboxylic acids is 2. The molecule has 4 heteroatoms. The second kappa shape index (κ2) is 7.93. The lowest BCUT2D eigenvalue weighted by Crippen LogP contribution is -2.13. The third-order valence-corrected chi connectivity index (χ3v) is 3.82. The molecular weight excluding hydrogens is 310 g/mol. The van der Waals surface area contributed by atoms with E-state index in [0.29, 0.717) is 22.2 Å². The smallest absolute Gasteiger partial charge is 0.224 e. The Bertz CT molecular complexity index is 693. The molecule has 23 heavy (non-hydrogen) atoms. The Morgan fingerprint density at radius 3 is 2.35 bits per heavy atom. The van der Waals surface area contributed by atoms with E-state index in [2.05, 4.69) is 19.2 Å². The van der Waals surface area contributed by atoms with E-state index in [-0.39, 0.29) is 24.5 Å². The predicted octanol–water partition coefficient (Wildman–Crippen LogP) is 5.07. The molecule has 0 aliphatic rings. The number of hydrogen-bond acceptors (Lipinski definition) is 2. The van der Waals surface area contributed by atoms with Crippen LogP contribution in [-0.4, -0.2) is 11.7 Å². The zero-order valence-electron chi connectivity index (χ0n) is 13.3. The van der Waals surface area contributed by atoms with Crippen molar-refractivity contribution in [3.8, 4) is 0 Å². The summed E-state index contributed by atoms with van der Waals surface area (Å²) in [5, 5.41) is 3.30. The molecular formula is C19H20ClNO2. The van der Waals surface area contributed by atoms with Crippen molar-refractivity contribution >= 4 is 29.0 Å². The monoisotopic (exact) mass is 329 g/mol. The summed E-state index contributed by atoms with van der Waals surface area (Å²) < 4.78 is 0. The van der Waals surface area contributed by atoms with Crippen molar-refractivity contribution in [3.63, 3.8) is 0 Å². The van der Waals surface area contributed by atoms with Crippen LogP contribution in [0.5, 0.6) is 0 Å². The SMILES string of the molecule is CC(C)c1ccc(C(=O)CCC(=O)Nc2cccc(Cl)c2)cc1. The molecule has 0 unspecified atom stereocenters. The standard InChI is InChI=1S/C19H20ClNO2/c1-13(2)14-6-8-15(9-7-14)18(22)10-11-19(23)21-17-5-3-4-16(20)12-17/h3-9,12-13H,10-11H2,1-2H3,(H,21,23). The van der Waals surface area contributed by atoms with Crippen LogP contribution in [0.4, 0.5) is 5.69 Å². The van der Waals surface area contributed by atoms with E-state index in [9.17, 15) is 9.59 Å². The van der Waals surface area contributed by atoms with Crippen molar-refractivity contribution in [2.24, 2.45) is 0 Å². The molecule has 1 N–H and O–H groups in total. The first kappa shape index (κ1) is 17.2. The first-order chi connectivity index (χ1) is 11.0.